The lowest BCUT2D eigenvalue weighted by molar-refractivity contribution is 0.0935. The molecule has 0 radical (unpaired) electrons. The van der Waals surface area contributed by atoms with Crippen molar-refractivity contribution in [1.29, 1.82) is 0 Å². The lowest BCUT2D eigenvalue weighted by Crippen LogP contribution is -2.35. The van der Waals surface area contributed by atoms with E-state index in [2.05, 4.69) is 20.5 Å². The molecule has 24 heavy (non-hydrogen) atoms. The SMILES string of the molecule is C[C@@H](NC(=O)c1cnc2n(c1=O)CCS2)c1nnc2ccccn12. The van der Waals surface area contributed by atoms with Crippen LogP contribution in [0.5, 0.6) is 0 Å². The van der Waals surface area contributed by atoms with Crippen LogP contribution in [0.2, 0.25) is 0 Å². The topological polar surface area (TPSA) is 94.2 Å². The fraction of sp³-hybridized carbons (Fsp3) is 0.267. The van der Waals surface area contributed by atoms with Gasteiger partial charge in [-0.2, -0.15) is 0 Å². The summed E-state index contributed by atoms with van der Waals surface area (Å²) in [5.41, 5.74) is 0.438. The molecule has 0 saturated carbocycles. The second-order valence-electron chi connectivity index (χ2n) is 5.44. The minimum atomic E-state index is -0.458. The Hall–Kier alpha value is -2.68. The summed E-state index contributed by atoms with van der Waals surface area (Å²) in [5.74, 6) is 0.943. The van der Waals surface area contributed by atoms with E-state index in [0.29, 0.717) is 23.2 Å². The minimum absolute atomic E-state index is 0.0434. The summed E-state index contributed by atoms with van der Waals surface area (Å²) >= 11 is 1.51. The van der Waals surface area contributed by atoms with Crippen molar-refractivity contribution in [3.8, 4) is 0 Å². The quantitative estimate of drug-likeness (QED) is 0.710. The fourth-order valence-corrected chi connectivity index (χ4v) is 3.58. The third-order valence-electron chi connectivity index (χ3n) is 3.88. The Balaban J connectivity index is 1.61. The van der Waals surface area contributed by atoms with Crippen molar-refractivity contribution in [3.05, 3.63) is 52.3 Å². The van der Waals surface area contributed by atoms with Crippen LogP contribution in [0.3, 0.4) is 0 Å². The molecule has 4 heterocycles. The zero-order valence-corrected chi connectivity index (χ0v) is 13.7. The van der Waals surface area contributed by atoms with Crippen molar-refractivity contribution in [2.24, 2.45) is 0 Å². The van der Waals surface area contributed by atoms with Crippen molar-refractivity contribution in [2.45, 2.75) is 24.7 Å². The maximum Gasteiger partial charge on any atom is 0.267 e. The predicted octanol–water partition coefficient (Wildman–Crippen LogP) is 0.883. The first-order chi connectivity index (χ1) is 11.6. The molecular formula is C15H14N6O2S. The summed E-state index contributed by atoms with van der Waals surface area (Å²) in [4.78, 5) is 29.1. The van der Waals surface area contributed by atoms with Gasteiger partial charge in [-0.05, 0) is 19.1 Å². The van der Waals surface area contributed by atoms with E-state index in [1.54, 1.807) is 11.3 Å². The van der Waals surface area contributed by atoms with Crippen LogP contribution in [0.15, 0.2) is 40.5 Å². The van der Waals surface area contributed by atoms with Gasteiger partial charge in [0.2, 0.25) is 0 Å². The number of thioether (sulfide) groups is 1. The summed E-state index contributed by atoms with van der Waals surface area (Å²) in [5, 5.41) is 11.6. The minimum Gasteiger partial charge on any atom is -0.342 e. The van der Waals surface area contributed by atoms with Gasteiger partial charge < -0.3 is 5.32 Å². The second kappa shape index (κ2) is 5.75. The van der Waals surface area contributed by atoms with Crippen LogP contribution in [-0.4, -0.2) is 35.8 Å². The number of nitrogens with one attached hydrogen (secondary N) is 1. The molecule has 0 saturated heterocycles. The number of pyridine rings is 1. The highest BCUT2D eigenvalue weighted by Crippen LogP contribution is 2.20. The van der Waals surface area contributed by atoms with Crippen molar-refractivity contribution in [2.75, 3.05) is 5.75 Å². The van der Waals surface area contributed by atoms with Crippen LogP contribution in [-0.2, 0) is 6.54 Å². The fourth-order valence-electron chi connectivity index (χ4n) is 2.67. The summed E-state index contributed by atoms with van der Waals surface area (Å²) in [6, 6.07) is 5.16. The molecule has 0 unspecified atom stereocenters. The zero-order valence-electron chi connectivity index (χ0n) is 12.8. The summed E-state index contributed by atoms with van der Waals surface area (Å²) < 4.78 is 3.34. The largest absolute Gasteiger partial charge is 0.342 e. The highest BCUT2D eigenvalue weighted by atomic mass is 32.2. The van der Waals surface area contributed by atoms with Gasteiger partial charge in [-0.1, -0.05) is 17.8 Å². The Kier molecular flexibility index (Phi) is 3.57. The molecule has 3 aromatic rings. The van der Waals surface area contributed by atoms with Crippen LogP contribution >= 0.6 is 11.8 Å². The Morgan fingerprint density at radius 3 is 3.12 bits per heavy atom. The van der Waals surface area contributed by atoms with E-state index in [1.165, 1.54) is 22.5 Å². The third-order valence-corrected chi connectivity index (χ3v) is 4.85. The molecule has 0 aromatic carbocycles. The molecular weight excluding hydrogens is 328 g/mol. The molecule has 0 spiro atoms. The van der Waals surface area contributed by atoms with Gasteiger partial charge in [0.1, 0.15) is 5.56 Å². The van der Waals surface area contributed by atoms with Gasteiger partial charge in [-0.25, -0.2) is 4.98 Å². The molecule has 9 heteroatoms. The summed E-state index contributed by atoms with van der Waals surface area (Å²) in [6.45, 7) is 2.38. The molecule has 3 aromatic heterocycles. The van der Waals surface area contributed by atoms with E-state index in [4.69, 9.17) is 0 Å². The van der Waals surface area contributed by atoms with E-state index in [1.807, 2.05) is 24.4 Å². The lowest BCUT2D eigenvalue weighted by Gasteiger charge is -2.12. The summed E-state index contributed by atoms with van der Waals surface area (Å²) in [6.07, 6.45) is 3.17. The molecule has 1 N–H and O–H groups in total. The molecule has 1 atom stereocenters. The van der Waals surface area contributed by atoms with E-state index in [-0.39, 0.29) is 11.1 Å². The maximum atomic E-state index is 12.5. The van der Waals surface area contributed by atoms with Gasteiger partial charge in [0.05, 0.1) is 6.04 Å². The highest BCUT2D eigenvalue weighted by molar-refractivity contribution is 7.99. The first kappa shape index (κ1) is 14.9. The average molecular weight is 342 g/mol. The molecule has 1 amide bonds. The van der Waals surface area contributed by atoms with Crippen molar-refractivity contribution in [1.82, 2.24) is 29.5 Å². The van der Waals surface area contributed by atoms with Crippen LogP contribution in [0.25, 0.3) is 5.65 Å². The van der Waals surface area contributed by atoms with E-state index >= 15 is 0 Å². The average Bonchev–Trinajstić information content (AvgIpc) is 3.22. The first-order valence-corrected chi connectivity index (χ1v) is 8.47. The van der Waals surface area contributed by atoms with E-state index < -0.39 is 11.9 Å². The maximum absolute atomic E-state index is 12.5. The van der Waals surface area contributed by atoms with Gasteiger partial charge in [0.25, 0.3) is 11.5 Å². The number of nitrogens with zero attached hydrogens (tertiary/aromatic N) is 5. The van der Waals surface area contributed by atoms with Crippen LogP contribution in [0, 0.1) is 0 Å². The number of hydrogen-bond donors (Lipinski definition) is 1. The Bertz CT molecular complexity index is 995. The van der Waals surface area contributed by atoms with E-state index in [0.717, 1.165) is 5.75 Å². The third kappa shape index (κ3) is 2.37. The number of carbonyl (C=O) groups excluding carboxylic acids is 1. The number of amides is 1. The molecule has 122 valence electrons. The van der Waals surface area contributed by atoms with Crippen LogP contribution in [0.1, 0.15) is 29.1 Å². The van der Waals surface area contributed by atoms with Crippen molar-refractivity contribution in [3.63, 3.8) is 0 Å². The Morgan fingerprint density at radius 1 is 1.38 bits per heavy atom. The molecule has 8 nitrogen and oxygen atoms in total. The molecule has 1 aliphatic rings. The van der Waals surface area contributed by atoms with Gasteiger partial charge >= 0.3 is 0 Å². The van der Waals surface area contributed by atoms with Crippen molar-refractivity contribution >= 4 is 23.3 Å². The second-order valence-corrected chi connectivity index (χ2v) is 6.50. The Labute approximate surface area is 140 Å². The first-order valence-electron chi connectivity index (χ1n) is 7.48. The highest BCUT2D eigenvalue weighted by Gasteiger charge is 2.22. The lowest BCUT2D eigenvalue weighted by atomic mass is 10.2. The molecule has 0 bridgehead atoms. The standard InChI is InChI=1S/C15H14N6O2S/c1-9(12-19-18-11-4-2-3-5-20(11)12)17-13(22)10-8-16-15-21(14(10)23)6-7-24-15/h2-5,8-9H,6-7H2,1H3,(H,17,22)/t9-/m1/s1. The predicted molar refractivity (Wildman–Crippen MR) is 88.1 cm³/mol. The molecule has 0 fully saturated rings. The molecule has 4 rings (SSSR count). The van der Waals surface area contributed by atoms with Gasteiger partial charge in [-0.3, -0.25) is 18.6 Å². The smallest absolute Gasteiger partial charge is 0.267 e. The van der Waals surface area contributed by atoms with Gasteiger partial charge in [0.15, 0.2) is 16.6 Å². The number of hydrogen-bond acceptors (Lipinski definition) is 6. The van der Waals surface area contributed by atoms with Crippen LogP contribution in [0.4, 0.5) is 0 Å². The zero-order chi connectivity index (χ0) is 16.7. The van der Waals surface area contributed by atoms with E-state index in [9.17, 15) is 9.59 Å². The summed E-state index contributed by atoms with van der Waals surface area (Å²) in [7, 11) is 0. The number of rotatable bonds is 3. The molecule has 1 aliphatic heterocycles. The van der Waals surface area contributed by atoms with Crippen LogP contribution < -0.4 is 10.9 Å². The molecule has 0 aliphatic carbocycles. The number of fused-ring (bicyclic) bond motifs is 2. The number of carbonyl (C=O) groups is 1. The monoisotopic (exact) mass is 342 g/mol. The Morgan fingerprint density at radius 2 is 2.25 bits per heavy atom. The van der Waals surface area contributed by atoms with Crippen molar-refractivity contribution < 1.29 is 4.79 Å². The number of aromatic nitrogens is 5. The van der Waals surface area contributed by atoms with Gasteiger partial charge in [0, 0.05) is 24.7 Å². The normalized spacial score (nSPS) is 14.5. The van der Waals surface area contributed by atoms with Gasteiger partial charge in [-0.15, -0.1) is 10.2 Å².